The lowest BCUT2D eigenvalue weighted by molar-refractivity contribution is 0.0661. The van der Waals surface area contributed by atoms with Gasteiger partial charge in [-0.15, -0.1) is 0 Å². The molecule has 2 rings (SSSR count). The van der Waals surface area contributed by atoms with Gasteiger partial charge in [-0.1, -0.05) is 19.9 Å². The van der Waals surface area contributed by atoms with E-state index in [9.17, 15) is 5.11 Å². The lowest BCUT2D eigenvalue weighted by Gasteiger charge is -2.32. The molecule has 1 aromatic rings. The van der Waals surface area contributed by atoms with Gasteiger partial charge in [-0.2, -0.15) is 0 Å². The smallest absolute Gasteiger partial charge is 0.123 e. The molecule has 0 fully saturated rings. The summed E-state index contributed by atoms with van der Waals surface area (Å²) in [6.07, 6.45) is 1.56. The molecule has 1 heterocycles. The molecule has 82 valence electrons. The molecule has 3 heteroatoms. The number of hydrogen-bond acceptors (Lipinski definition) is 3. The van der Waals surface area contributed by atoms with Crippen molar-refractivity contribution in [2.75, 3.05) is 5.73 Å². The number of anilines is 1. The normalized spacial score (nSPS) is 25.3. The monoisotopic (exact) mass is 206 g/mol. The van der Waals surface area contributed by atoms with Crippen molar-refractivity contribution in [1.29, 1.82) is 0 Å². The molecule has 3 nitrogen and oxygen atoms in total. The molecule has 15 heavy (non-hydrogen) atoms. The third-order valence-electron chi connectivity index (χ3n) is 3.33. The van der Waals surface area contributed by atoms with Gasteiger partial charge < -0.3 is 10.8 Å². The number of aromatic nitrogens is 1. The van der Waals surface area contributed by atoms with Gasteiger partial charge in [-0.3, -0.25) is 0 Å². The maximum Gasteiger partial charge on any atom is 0.123 e. The maximum absolute atomic E-state index is 10.2. The van der Waals surface area contributed by atoms with Crippen molar-refractivity contribution in [2.24, 2.45) is 11.8 Å². The predicted molar refractivity (Wildman–Crippen MR) is 60.3 cm³/mol. The number of nitrogen functional groups attached to an aromatic ring is 1. The summed E-state index contributed by atoms with van der Waals surface area (Å²) in [6, 6.07) is 3.68. The first-order valence-electron chi connectivity index (χ1n) is 5.53. The number of fused-ring (bicyclic) bond motifs is 1. The molecule has 0 spiro atoms. The van der Waals surface area contributed by atoms with Crippen LogP contribution in [-0.4, -0.2) is 10.1 Å². The standard InChI is InChI=1S/C12H18N2O/c1-7(2)8-3-5-10-9(12(8)15)4-6-11(13)14-10/h4,6-8,12,15H,3,5H2,1-2H3,(H2,13,14). The van der Waals surface area contributed by atoms with Gasteiger partial charge in [-0.05, 0) is 30.7 Å². The van der Waals surface area contributed by atoms with Gasteiger partial charge in [0.1, 0.15) is 5.82 Å². The second kappa shape index (κ2) is 3.81. The summed E-state index contributed by atoms with van der Waals surface area (Å²) < 4.78 is 0. The molecular weight excluding hydrogens is 188 g/mol. The summed E-state index contributed by atoms with van der Waals surface area (Å²) in [7, 11) is 0. The Bertz CT molecular complexity index is 363. The number of rotatable bonds is 1. The number of aliphatic hydroxyl groups is 1. The minimum atomic E-state index is -0.373. The molecular formula is C12H18N2O. The number of hydrogen-bond donors (Lipinski definition) is 2. The van der Waals surface area contributed by atoms with Crippen LogP contribution in [0.4, 0.5) is 5.82 Å². The van der Waals surface area contributed by atoms with Gasteiger partial charge in [0.25, 0.3) is 0 Å². The first kappa shape index (κ1) is 10.4. The van der Waals surface area contributed by atoms with Gasteiger partial charge in [0.2, 0.25) is 0 Å². The van der Waals surface area contributed by atoms with E-state index in [0.29, 0.717) is 17.7 Å². The fourth-order valence-corrected chi connectivity index (χ4v) is 2.39. The van der Waals surface area contributed by atoms with Crippen LogP contribution in [0.2, 0.25) is 0 Å². The zero-order valence-electron chi connectivity index (χ0n) is 9.27. The second-order valence-electron chi connectivity index (χ2n) is 4.66. The highest BCUT2D eigenvalue weighted by atomic mass is 16.3. The Balaban J connectivity index is 2.34. The zero-order chi connectivity index (χ0) is 11.0. The highest BCUT2D eigenvalue weighted by Gasteiger charge is 2.30. The van der Waals surface area contributed by atoms with Crippen LogP contribution in [0.3, 0.4) is 0 Å². The number of aliphatic hydroxyl groups excluding tert-OH is 1. The van der Waals surface area contributed by atoms with Gasteiger partial charge in [0.05, 0.1) is 6.10 Å². The van der Waals surface area contributed by atoms with E-state index >= 15 is 0 Å². The molecule has 0 bridgehead atoms. The summed E-state index contributed by atoms with van der Waals surface area (Å²) in [6.45, 7) is 4.31. The largest absolute Gasteiger partial charge is 0.388 e. The zero-order valence-corrected chi connectivity index (χ0v) is 9.27. The fourth-order valence-electron chi connectivity index (χ4n) is 2.39. The summed E-state index contributed by atoms with van der Waals surface area (Å²) in [5.74, 6) is 1.40. The number of aryl methyl sites for hydroxylation is 1. The molecule has 3 N–H and O–H groups in total. The third-order valence-corrected chi connectivity index (χ3v) is 3.33. The van der Waals surface area contributed by atoms with Crippen LogP contribution < -0.4 is 5.73 Å². The molecule has 1 aliphatic rings. The maximum atomic E-state index is 10.2. The summed E-state index contributed by atoms with van der Waals surface area (Å²) >= 11 is 0. The van der Waals surface area contributed by atoms with Gasteiger partial charge in [-0.25, -0.2) is 4.98 Å². The van der Waals surface area contributed by atoms with Crippen molar-refractivity contribution >= 4 is 5.82 Å². The van der Waals surface area contributed by atoms with Crippen molar-refractivity contribution in [3.05, 3.63) is 23.4 Å². The van der Waals surface area contributed by atoms with Gasteiger partial charge in [0.15, 0.2) is 0 Å². The highest BCUT2D eigenvalue weighted by molar-refractivity contribution is 5.36. The molecule has 0 saturated carbocycles. The van der Waals surface area contributed by atoms with Crippen molar-refractivity contribution < 1.29 is 5.11 Å². The van der Waals surface area contributed by atoms with Crippen LogP contribution >= 0.6 is 0 Å². The molecule has 0 saturated heterocycles. The van der Waals surface area contributed by atoms with Crippen molar-refractivity contribution in [1.82, 2.24) is 4.98 Å². The van der Waals surface area contributed by atoms with Crippen molar-refractivity contribution in [3.8, 4) is 0 Å². The molecule has 0 aromatic carbocycles. The molecule has 0 amide bonds. The van der Waals surface area contributed by atoms with E-state index in [0.717, 1.165) is 24.1 Å². The quantitative estimate of drug-likeness (QED) is 0.738. The minimum Gasteiger partial charge on any atom is -0.388 e. The van der Waals surface area contributed by atoms with E-state index in [1.165, 1.54) is 0 Å². The lowest BCUT2D eigenvalue weighted by atomic mass is 9.78. The Morgan fingerprint density at radius 1 is 1.47 bits per heavy atom. The van der Waals surface area contributed by atoms with E-state index < -0.39 is 0 Å². The minimum absolute atomic E-state index is 0.350. The fraction of sp³-hybridized carbons (Fsp3) is 0.583. The molecule has 0 aliphatic heterocycles. The lowest BCUT2D eigenvalue weighted by Crippen LogP contribution is -2.25. The van der Waals surface area contributed by atoms with Crippen LogP contribution in [0.15, 0.2) is 12.1 Å². The first-order chi connectivity index (χ1) is 7.09. The Hall–Kier alpha value is -1.09. The highest BCUT2D eigenvalue weighted by Crippen LogP contribution is 2.37. The van der Waals surface area contributed by atoms with Crippen LogP contribution in [0.25, 0.3) is 0 Å². The average molecular weight is 206 g/mol. The Labute approximate surface area is 90.3 Å². The number of pyridine rings is 1. The first-order valence-corrected chi connectivity index (χ1v) is 5.53. The Morgan fingerprint density at radius 2 is 2.20 bits per heavy atom. The topological polar surface area (TPSA) is 59.1 Å². The Morgan fingerprint density at radius 3 is 2.87 bits per heavy atom. The van der Waals surface area contributed by atoms with Crippen molar-refractivity contribution in [2.45, 2.75) is 32.8 Å². The van der Waals surface area contributed by atoms with E-state index in [4.69, 9.17) is 5.73 Å². The van der Waals surface area contributed by atoms with Crippen LogP contribution in [0, 0.1) is 11.8 Å². The van der Waals surface area contributed by atoms with Gasteiger partial charge >= 0.3 is 0 Å². The molecule has 2 atom stereocenters. The van der Waals surface area contributed by atoms with Crippen LogP contribution in [-0.2, 0) is 6.42 Å². The molecule has 2 unspecified atom stereocenters. The van der Waals surface area contributed by atoms with E-state index in [1.54, 1.807) is 6.07 Å². The van der Waals surface area contributed by atoms with E-state index in [-0.39, 0.29) is 6.10 Å². The number of nitrogens with zero attached hydrogens (tertiary/aromatic N) is 1. The van der Waals surface area contributed by atoms with Crippen LogP contribution in [0.5, 0.6) is 0 Å². The predicted octanol–water partition coefficient (Wildman–Crippen LogP) is 1.92. The van der Waals surface area contributed by atoms with Crippen LogP contribution in [0.1, 0.15) is 37.6 Å². The second-order valence-corrected chi connectivity index (χ2v) is 4.66. The molecule has 1 aliphatic carbocycles. The average Bonchev–Trinajstić information content (AvgIpc) is 2.17. The molecule has 1 aromatic heterocycles. The number of nitrogens with two attached hydrogens (primary N) is 1. The van der Waals surface area contributed by atoms with E-state index in [1.807, 2.05) is 6.07 Å². The summed E-state index contributed by atoms with van der Waals surface area (Å²) in [5.41, 5.74) is 7.57. The summed E-state index contributed by atoms with van der Waals surface area (Å²) in [5, 5.41) is 10.2. The SMILES string of the molecule is CC(C)C1CCc2nc(N)ccc2C1O. The van der Waals surface area contributed by atoms with Crippen molar-refractivity contribution in [3.63, 3.8) is 0 Å². The Kier molecular flexibility index (Phi) is 2.65. The molecule has 0 radical (unpaired) electrons. The summed E-state index contributed by atoms with van der Waals surface area (Å²) in [4.78, 5) is 4.28. The third kappa shape index (κ3) is 1.84. The van der Waals surface area contributed by atoms with Gasteiger partial charge in [0, 0.05) is 11.3 Å². The van der Waals surface area contributed by atoms with E-state index in [2.05, 4.69) is 18.8 Å².